The van der Waals surface area contributed by atoms with Gasteiger partial charge in [0, 0.05) is 17.7 Å². The van der Waals surface area contributed by atoms with Crippen LogP contribution in [0.25, 0.3) is 11.3 Å². The van der Waals surface area contributed by atoms with E-state index in [-0.39, 0.29) is 5.82 Å². The molecule has 1 heterocycles. The highest BCUT2D eigenvalue weighted by molar-refractivity contribution is 5.68. The zero-order valence-electron chi connectivity index (χ0n) is 12.2. The fraction of sp³-hybridized carbons (Fsp3) is 0.375. The van der Waals surface area contributed by atoms with Gasteiger partial charge in [-0.2, -0.15) is 0 Å². The molecule has 0 radical (unpaired) electrons. The Morgan fingerprint density at radius 1 is 1.20 bits per heavy atom. The summed E-state index contributed by atoms with van der Waals surface area (Å²) in [6, 6.07) is 5.11. The fourth-order valence-electron chi connectivity index (χ4n) is 2.26. The quantitative estimate of drug-likeness (QED) is 0.895. The van der Waals surface area contributed by atoms with Crippen molar-refractivity contribution in [2.45, 2.75) is 33.6 Å². The summed E-state index contributed by atoms with van der Waals surface area (Å²) in [5.74, 6) is 0.688. The Kier molecular flexibility index (Phi) is 4.66. The molecule has 0 amide bonds. The smallest absolute Gasteiger partial charge is 0.133 e. The van der Waals surface area contributed by atoms with Crippen LogP contribution in [0.5, 0.6) is 0 Å². The van der Waals surface area contributed by atoms with Crippen LogP contribution in [0.2, 0.25) is 0 Å². The monoisotopic (exact) mass is 273 g/mol. The molecule has 0 fully saturated rings. The van der Waals surface area contributed by atoms with E-state index >= 15 is 0 Å². The van der Waals surface area contributed by atoms with E-state index in [1.165, 1.54) is 6.07 Å². The number of nitrogens with one attached hydrogen (secondary N) is 1. The van der Waals surface area contributed by atoms with Crippen molar-refractivity contribution in [2.24, 2.45) is 0 Å². The largest absolute Gasteiger partial charge is 0.370 e. The second-order valence-electron chi connectivity index (χ2n) is 4.79. The number of aryl methyl sites for hydroxylation is 1. The van der Waals surface area contributed by atoms with Crippen LogP contribution in [0, 0.1) is 12.7 Å². The molecule has 0 saturated carbocycles. The molecule has 3 nitrogen and oxygen atoms in total. The normalized spacial score (nSPS) is 10.6. The molecule has 106 valence electrons. The highest BCUT2D eigenvalue weighted by Gasteiger charge is 2.13. The predicted octanol–water partition coefficient (Wildman–Crippen LogP) is 3.98. The Hall–Kier alpha value is -1.97. The van der Waals surface area contributed by atoms with Gasteiger partial charge in [0.05, 0.1) is 5.69 Å². The summed E-state index contributed by atoms with van der Waals surface area (Å²) in [4.78, 5) is 8.72. The molecule has 0 aliphatic carbocycles. The second-order valence-corrected chi connectivity index (χ2v) is 4.79. The van der Waals surface area contributed by atoms with Crippen LogP contribution in [0.4, 0.5) is 10.2 Å². The van der Waals surface area contributed by atoms with E-state index in [2.05, 4.69) is 22.2 Å². The minimum Gasteiger partial charge on any atom is -0.370 e. The van der Waals surface area contributed by atoms with E-state index < -0.39 is 0 Å². The van der Waals surface area contributed by atoms with Crippen LogP contribution >= 0.6 is 0 Å². The number of anilines is 1. The maximum Gasteiger partial charge on any atom is 0.133 e. The number of nitrogens with zero attached hydrogens (tertiary/aromatic N) is 2. The Labute approximate surface area is 119 Å². The van der Waals surface area contributed by atoms with Crippen molar-refractivity contribution in [3.63, 3.8) is 0 Å². The van der Waals surface area contributed by atoms with Gasteiger partial charge in [0.2, 0.25) is 0 Å². The Balaban J connectivity index is 2.53. The summed E-state index contributed by atoms with van der Waals surface area (Å²) in [6.45, 7) is 6.75. The number of rotatable bonds is 5. The highest BCUT2D eigenvalue weighted by atomic mass is 19.1. The van der Waals surface area contributed by atoms with Gasteiger partial charge in [-0.1, -0.05) is 13.3 Å². The van der Waals surface area contributed by atoms with Crippen molar-refractivity contribution in [1.82, 2.24) is 9.97 Å². The SMILES string of the molecule is CCCc1c(NCC)ncnc1-c1ccc(F)c(C)c1. The van der Waals surface area contributed by atoms with Crippen molar-refractivity contribution < 1.29 is 4.39 Å². The van der Waals surface area contributed by atoms with Crippen LogP contribution in [0.3, 0.4) is 0 Å². The van der Waals surface area contributed by atoms with Crippen LogP contribution in [-0.4, -0.2) is 16.5 Å². The van der Waals surface area contributed by atoms with Gasteiger partial charge in [-0.15, -0.1) is 0 Å². The summed E-state index contributed by atoms with van der Waals surface area (Å²) in [5, 5.41) is 3.27. The van der Waals surface area contributed by atoms with E-state index in [0.717, 1.165) is 42.0 Å². The van der Waals surface area contributed by atoms with Gasteiger partial charge in [-0.3, -0.25) is 0 Å². The number of benzene rings is 1. The first-order valence-corrected chi connectivity index (χ1v) is 7.01. The summed E-state index contributed by atoms with van der Waals surface area (Å²) >= 11 is 0. The van der Waals surface area contributed by atoms with Crippen LogP contribution in [0.1, 0.15) is 31.4 Å². The summed E-state index contributed by atoms with van der Waals surface area (Å²) in [6.07, 6.45) is 3.47. The summed E-state index contributed by atoms with van der Waals surface area (Å²) < 4.78 is 13.4. The molecule has 4 heteroatoms. The van der Waals surface area contributed by atoms with Crippen LogP contribution < -0.4 is 5.32 Å². The molecular weight excluding hydrogens is 253 g/mol. The minimum atomic E-state index is -0.188. The lowest BCUT2D eigenvalue weighted by molar-refractivity contribution is 0.618. The van der Waals surface area contributed by atoms with Crippen LogP contribution in [0.15, 0.2) is 24.5 Å². The Bertz CT molecular complexity index is 596. The molecule has 0 spiro atoms. The van der Waals surface area contributed by atoms with Crippen molar-refractivity contribution >= 4 is 5.82 Å². The molecule has 2 aromatic rings. The second kappa shape index (κ2) is 6.46. The average Bonchev–Trinajstić information content (AvgIpc) is 2.44. The van der Waals surface area contributed by atoms with E-state index in [0.29, 0.717) is 5.56 Å². The van der Waals surface area contributed by atoms with Crippen molar-refractivity contribution in [3.8, 4) is 11.3 Å². The van der Waals surface area contributed by atoms with Gasteiger partial charge in [-0.05, 0) is 44.0 Å². The molecule has 1 aromatic carbocycles. The van der Waals surface area contributed by atoms with E-state index in [1.54, 1.807) is 19.3 Å². The molecule has 0 unspecified atom stereocenters. The maximum atomic E-state index is 13.4. The molecule has 2 rings (SSSR count). The highest BCUT2D eigenvalue weighted by Crippen LogP contribution is 2.28. The molecule has 1 aromatic heterocycles. The molecule has 20 heavy (non-hydrogen) atoms. The number of halogens is 1. The van der Waals surface area contributed by atoms with Gasteiger partial charge < -0.3 is 5.32 Å². The number of aromatic nitrogens is 2. The van der Waals surface area contributed by atoms with Gasteiger partial charge in [-0.25, -0.2) is 14.4 Å². The van der Waals surface area contributed by atoms with Gasteiger partial charge >= 0.3 is 0 Å². The molecule has 0 saturated heterocycles. The first-order valence-electron chi connectivity index (χ1n) is 7.01. The van der Waals surface area contributed by atoms with E-state index in [4.69, 9.17) is 0 Å². The van der Waals surface area contributed by atoms with Crippen LogP contribution in [-0.2, 0) is 6.42 Å². The lowest BCUT2D eigenvalue weighted by Crippen LogP contribution is -2.06. The molecule has 0 aliphatic heterocycles. The Morgan fingerprint density at radius 2 is 2.00 bits per heavy atom. The molecular formula is C16H20FN3. The standard InChI is InChI=1S/C16H20FN3/c1-4-6-13-15(19-10-20-16(13)18-5-2)12-7-8-14(17)11(3)9-12/h7-10H,4-6H2,1-3H3,(H,18,19,20). The first kappa shape index (κ1) is 14.4. The summed E-state index contributed by atoms with van der Waals surface area (Å²) in [7, 11) is 0. The van der Waals surface area contributed by atoms with E-state index in [9.17, 15) is 4.39 Å². The molecule has 0 atom stereocenters. The minimum absolute atomic E-state index is 0.188. The lowest BCUT2D eigenvalue weighted by atomic mass is 10.0. The average molecular weight is 273 g/mol. The van der Waals surface area contributed by atoms with Gasteiger partial charge in [0.1, 0.15) is 18.0 Å². The topological polar surface area (TPSA) is 37.8 Å². The zero-order valence-corrected chi connectivity index (χ0v) is 12.2. The molecule has 1 N–H and O–H groups in total. The number of hydrogen-bond acceptors (Lipinski definition) is 3. The predicted molar refractivity (Wildman–Crippen MR) is 80.3 cm³/mol. The van der Waals surface area contributed by atoms with Crippen molar-refractivity contribution in [1.29, 1.82) is 0 Å². The fourth-order valence-corrected chi connectivity index (χ4v) is 2.26. The summed E-state index contributed by atoms with van der Waals surface area (Å²) in [5.41, 5.74) is 3.56. The molecule has 0 aliphatic rings. The zero-order chi connectivity index (χ0) is 14.5. The maximum absolute atomic E-state index is 13.4. The third kappa shape index (κ3) is 2.95. The van der Waals surface area contributed by atoms with Gasteiger partial charge in [0.15, 0.2) is 0 Å². The third-order valence-corrected chi connectivity index (χ3v) is 3.22. The third-order valence-electron chi connectivity index (χ3n) is 3.22. The van der Waals surface area contributed by atoms with Crippen molar-refractivity contribution in [3.05, 3.63) is 41.5 Å². The Morgan fingerprint density at radius 3 is 2.65 bits per heavy atom. The number of hydrogen-bond donors (Lipinski definition) is 1. The lowest BCUT2D eigenvalue weighted by Gasteiger charge is -2.13. The van der Waals surface area contributed by atoms with Crippen molar-refractivity contribution in [2.75, 3.05) is 11.9 Å². The van der Waals surface area contributed by atoms with Gasteiger partial charge in [0.25, 0.3) is 0 Å². The molecule has 0 bridgehead atoms. The first-order chi connectivity index (χ1) is 9.67. The van der Waals surface area contributed by atoms with E-state index in [1.807, 2.05) is 13.0 Å².